The van der Waals surface area contributed by atoms with E-state index in [1.54, 1.807) is 0 Å². The fourth-order valence-corrected chi connectivity index (χ4v) is 2.52. The van der Waals surface area contributed by atoms with Crippen LogP contribution in [-0.2, 0) is 0 Å². The third-order valence-corrected chi connectivity index (χ3v) is 3.22. The van der Waals surface area contributed by atoms with E-state index in [2.05, 4.69) is 12.8 Å². The van der Waals surface area contributed by atoms with Crippen LogP contribution in [0.2, 0.25) is 0 Å². The lowest BCUT2D eigenvalue weighted by molar-refractivity contribution is 0.207. The molecule has 0 heterocycles. The molecule has 0 radical (unpaired) electrons. The maximum Gasteiger partial charge on any atom is 0.0118 e. The predicted molar refractivity (Wildman–Crippen MR) is 57.2 cm³/mol. The standard InChI is InChI=1S/C12H21N/c1-3-5-10-7-8-12(13)9-11(10)6-4-2/h2,10-12H,3,5-9,13H2,1H3. The van der Waals surface area contributed by atoms with Crippen molar-refractivity contribution in [2.45, 2.75) is 51.5 Å². The molecule has 74 valence electrons. The Morgan fingerprint density at radius 3 is 2.77 bits per heavy atom. The van der Waals surface area contributed by atoms with E-state index < -0.39 is 0 Å². The Hall–Kier alpha value is -0.480. The van der Waals surface area contributed by atoms with Gasteiger partial charge in [0.15, 0.2) is 0 Å². The van der Waals surface area contributed by atoms with Gasteiger partial charge in [0.2, 0.25) is 0 Å². The summed E-state index contributed by atoms with van der Waals surface area (Å²) in [6.07, 6.45) is 12.6. The van der Waals surface area contributed by atoms with Crippen molar-refractivity contribution < 1.29 is 0 Å². The number of hydrogen-bond donors (Lipinski definition) is 1. The van der Waals surface area contributed by atoms with Crippen molar-refractivity contribution in [1.29, 1.82) is 0 Å². The summed E-state index contributed by atoms with van der Waals surface area (Å²) in [4.78, 5) is 0. The zero-order valence-electron chi connectivity index (χ0n) is 8.63. The van der Waals surface area contributed by atoms with Crippen molar-refractivity contribution >= 4 is 0 Å². The molecule has 0 aromatic carbocycles. The van der Waals surface area contributed by atoms with Gasteiger partial charge in [-0.1, -0.05) is 19.8 Å². The lowest BCUT2D eigenvalue weighted by atomic mass is 9.74. The zero-order chi connectivity index (χ0) is 9.68. The second kappa shape index (κ2) is 5.29. The summed E-state index contributed by atoms with van der Waals surface area (Å²) in [6, 6.07) is 0.409. The first-order chi connectivity index (χ1) is 6.27. The van der Waals surface area contributed by atoms with Crippen molar-refractivity contribution in [3.05, 3.63) is 0 Å². The van der Waals surface area contributed by atoms with Crippen molar-refractivity contribution in [2.75, 3.05) is 0 Å². The van der Waals surface area contributed by atoms with E-state index in [0.717, 1.165) is 18.8 Å². The third-order valence-electron chi connectivity index (χ3n) is 3.22. The summed E-state index contributed by atoms with van der Waals surface area (Å²) in [5.74, 6) is 4.34. The number of nitrogens with two attached hydrogens (primary N) is 1. The third kappa shape index (κ3) is 3.04. The van der Waals surface area contributed by atoms with Gasteiger partial charge in [0.05, 0.1) is 0 Å². The highest BCUT2D eigenvalue weighted by molar-refractivity contribution is 4.92. The van der Waals surface area contributed by atoms with Crippen molar-refractivity contribution in [3.63, 3.8) is 0 Å². The van der Waals surface area contributed by atoms with Gasteiger partial charge in [0, 0.05) is 12.5 Å². The molecule has 1 heteroatoms. The Bertz CT molecular complexity index is 180. The average molecular weight is 179 g/mol. The molecule has 0 saturated heterocycles. The summed E-state index contributed by atoms with van der Waals surface area (Å²) in [5.41, 5.74) is 5.95. The highest BCUT2D eigenvalue weighted by atomic mass is 14.6. The fraction of sp³-hybridized carbons (Fsp3) is 0.833. The normalized spacial score (nSPS) is 34.1. The highest BCUT2D eigenvalue weighted by Crippen LogP contribution is 2.34. The van der Waals surface area contributed by atoms with Crippen LogP contribution < -0.4 is 5.73 Å². The Morgan fingerprint density at radius 1 is 1.38 bits per heavy atom. The van der Waals surface area contributed by atoms with Gasteiger partial charge in [-0.05, 0) is 31.1 Å². The van der Waals surface area contributed by atoms with Crippen molar-refractivity contribution in [3.8, 4) is 12.3 Å². The van der Waals surface area contributed by atoms with E-state index in [9.17, 15) is 0 Å². The van der Waals surface area contributed by atoms with Crippen molar-refractivity contribution in [2.24, 2.45) is 17.6 Å². The molecule has 0 aromatic rings. The van der Waals surface area contributed by atoms with Gasteiger partial charge >= 0.3 is 0 Å². The second-order valence-corrected chi connectivity index (χ2v) is 4.29. The van der Waals surface area contributed by atoms with Crippen LogP contribution >= 0.6 is 0 Å². The van der Waals surface area contributed by atoms with E-state index in [-0.39, 0.29) is 0 Å². The Balaban J connectivity index is 2.45. The zero-order valence-corrected chi connectivity index (χ0v) is 8.63. The Kier molecular flexibility index (Phi) is 4.32. The van der Waals surface area contributed by atoms with Crippen LogP contribution in [-0.4, -0.2) is 6.04 Å². The number of terminal acetylenes is 1. The monoisotopic (exact) mass is 179 g/mol. The maximum atomic E-state index is 5.95. The molecule has 1 rings (SSSR count). The molecule has 0 amide bonds. The van der Waals surface area contributed by atoms with Crippen molar-refractivity contribution in [1.82, 2.24) is 0 Å². The fourth-order valence-electron chi connectivity index (χ4n) is 2.52. The molecule has 1 nitrogen and oxygen atoms in total. The van der Waals surface area contributed by atoms with Crippen LogP contribution in [0.25, 0.3) is 0 Å². The van der Waals surface area contributed by atoms with Gasteiger partial charge in [0.25, 0.3) is 0 Å². The summed E-state index contributed by atoms with van der Waals surface area (Å²) in [7, 11) is 0. The summed E-state index contributed by atoms with van der Waals surface area (Å²) in [6.45, 7) is 2.25. The molecule has 0 aliphatic heterocycles. The van der Waals surface area contributed by atoms with E-state index in [1.807, 2.05) is 0 Å². The van der Waals surface area contributed by atoms with Gasteiger partial charge in [-0.2, -0.15) is 0 Å². The summed E-state index contributed by atoms with van der Waals surface area (Å²) >= 11 is 0. The van der Waals surface area contributed by atoms with Gasteiger partial charge in [-0.15, -0.1) is 12.3 Å². The van der Waals surface area contributed by atoms with Gasteiger partial charge in [-0.25, -0.2) is 0 Å². The van der Waals surface area contributed by atoms with E-state index in [0.29, 0.717) is 12.0 Å². The van der Waals surface area contributed by atoms with Crippen LogP contribution in [0.5, 0.6) is 0 Å². The molecule has 1 aliphatic rings. The molecule has 3 atom stereocenters. The minimum absolute atomic E-state index is 0.409. The van der Waals surface area contributed by atoms with Crippen LogP contribution in [0.1, 0.15) is 45.4 Å². The molecule has 3 unspecified atom stereocenters. The number of hydrogen-bond acceptors (Lipinski definition) is 1. The lowest BCUT2D eigenvalue weighted by Crippen LogP contribution is -2.33. The van der Waals surface area contributed by atoms with Gasteiger partial charge < -0.3 is 5.73 Å². The first kappa shape index (κ1) is 10.6. The predicted octanol–water partition coefficient (Wildman–Crippen LogP) is 2.55. The SMILES string of the molecule is C#CCC1CC(N)CCC1CCC. The second-order valence-electron chi connectivity index (χ2n) is 4.29. The van der Waals surface area contributed by atoms with Gasteiger partial charge in [-0.3, -0.25) is 0 Å². The van der Waals surface area contributed by atoms with Crippen LogP contribution in [0.15, 0.2) is 0 Å². The smallest absolute Gasteiger partial charge is 0.0118 e. The molecule has 1 aliphatic carbocycles. The molecule has 1 saturated carbocycles. The molecule has 2 N–H and O–H groups in total. The number of rotatable bonds is 3. The largest absolute Gasteiger partial charge is 0.328 e. The highest BCUT2D eigenvalue weighted by Gasteiger charge is 2.27. The van der Waals surface area contributed by atoms with E-state index in [1.165, 1.54) is 25.7 Å². The first-order valence-corrected chi connectivity index (χ1v) is 5.47. The topological polar surface area (TPSA) is 26.0 Å². The summed E-state index contributed by atoms with van der Waals surface area (Å²) < 4.78 is 0. The van der Waals surface area contributed by atoms with E-state index in [4.69, 9.17) is 12.2 Å². The Morgan fingerprint density at radius 2 is 2.15 bits per heavy atom. The van der Waals surface area contributed by atoms with E-state index >= 15 is 0 Å². The van der Waals surface area contributed by atoms with Crippen LogP contribution in [0.4, 0.5) is 0 Å². The Labute approximate surface area is 82.1 Å². The maximum absolute atomic E-state index is 5.95. The average Bonchev–Trinajstić information content (AvgIpc) is 2.10. The first-order valence-electron chi connectivity index (χ1n) is 5.47. The van der Waals surface area contributed by atoms with Crippen LogP contribution in [0, 0.1) is 24.2 Å². The van der Waals surface area contributed by atoms with Gasteiger partial charge in [0.1, 0.15) is 0 Å². The molecule has 13 heavy (non-hydrogen) atoms. The molecular weight excluding hydrogens is 158 g/mol. The molecule has 1 fully saturated rings. The molecular formula is C12H21N. The minimum Gasteiger partial charge on any atom is -0.328 e. The molecule has 0 spiro atoms. The summed E-state index contributed by atoms with van der Waals surface area (Å²) in [5, 5.41) is 0. The quantitative estimate of drug-likeness (QED) is 0.662. The van der Waals surface area contributed by atoms with Crippen LogP contribution in [0.3, 0.4) is 0 Å². The lowest BCUT2D eigenvalue weighted by Gasteiger charge is -2.33. The molecule has 0 aromatic heterocycles. The minimum atomic E-state index is 0.409. The molecule has 0 bridgehead atoms.